The highest BCUT2D eigenvalue weighted by molar-refractivity contribution is 5.15. The number of rotatable bonds is 8. The lowest BCUT2D eigenvalue weighted by Crippen LogP contribution is -2.31. The molecule has 1 unspecified atom stereocenters. The van der Waals surface area contributed by atoms with Crippen molar-refractivity contribution >= 4 is 0 Å². The Morgan fingerprint density at radius 2 is 2.12 bits per heavy atom. The van der Waals surface area contributed by atoms with Gasteiger partial charge in [-0.25, -0.2) is 0 Å². The molecule has 2 nitrogen and oxygen atoms in total. The fourth-order valence-electron chi connectivity index (χ4n) is 2.28. The predicted molar refractivity (Wildman–Crippen MR) is 76.3 cm³/mol. The Kier molecular flexibility index (Phi) is 6.53. The van der Waals surface area contributed by atoms with E-state index in [9.17, 15) is 0 Å². The minimum absolute atomic E-state index is 0.380. The highest BCUT2D eigenvalue weighted by Crippen LogP contribution is 2.31. The number of nitrogens with one attached hydrogen (secondary N) is 1. The molecular weight excluding hydrogens is 208 g/mol. The van der Waals surface area contributed by atoms with Gasteiger partial charge < -0.3 is 10.2 Å². The fourth-order valence-corrected chi connectivity index (χ4v) is 2.28. The lowest BCUT2D eigenvalue weighted by molar-refractivity contribution is 0.239. The Hall–Kier alpha value is -0.600. The third kappa shape index (κ3) is 5.51. The standard InChI is InChI=1S/C15H28N2/c1-4-17(13-8-12-16-3)14-11-15(2)9-6-5-7-10-15/h5-7,9,16H,4,8,10-14H2,1-3H3. The topological polar surface area (TPSA) is 15.3 Å². The zero-order valence-corrected chi connectivity index (χ0v) is 11.7. The summed E-state index contributed by atoms with van der Waals surface area (Å²) in [5.74, 6) is 0. The van der Waals surface area contributed by atoms with E-state index in [1.165, 1.54) is 38.9 Å². The van der Waals surface area contributed by atoms with Gasteiger partial charge in [-0.2, -0.15) is 0 Å². The van der Waals surface area contributed by atoms with Gasteiger partial charge in [-0.1, -0.05) is 38.2 Å². The van der Waals surface area contributed by atoms with Crippen LogP contribution in [0.2, 0.25) is 0 Å². The van der Waals surface area contributed by atoms with E-state index in [-0.39, 0.29) is 0 Å². The SMILES string of the molecule is CCN(CCCNC)CCC1(C)C=CC=CC1. The first-order chi connectivity index (χ1) is 8.20. The van der Waals surface area contributed by atoms with Crippen molar-refractivity contribution in [2.24, 2.45) is 5.41 Å². The maximum Gasteiger partial charge on any atom is -0.000675 e. The summed E-state index contributed by atoms with van der Waals surface area (Å²) in [5.41, 5.74) is 0.380. The summed E-state index contributed by atoms with van der Waals surface area (Å²) in [6.45, 7) is 9.35. The van der Waals surface area contributed by atoms with E-state index in [1.807, 2.05) is 7.05 Å². The molecule has 1 N–H and O–H groups in total. The van der Waals surface area contributed by atoms with Crippen LogP contribution < -0.4 is 5.32 Å². The van der Waals surface area contributed by atoms with Crippen LogP contribution in [0.4, 0.5) is 0 Å². The van der Waals surface area contributed by atoms with Crippen LogP contribution in [0.1, 0.15) is 33.1 Å². The Labute approximate surface area is 107 Å². The second-order valence-electron chi connectivity index (χ2n) is 5.29. The summed E-state index contributed by atoms with van der Waals surface area (Å²) in [6.07, 6.45) is 12.7. The van der Waals surface area contributed by atoms with Gasteiger partial charge in [0.05, 0.1) is 0 Å². The Balaban J connectivity index is 2.26. The first kappa shape index (κ1) is 14.5. The van der Waals surface area contributed by atoms with Gasteiger partial charge in [0.25, 0.3) is 0 Å². The maximum absolute atomic E-state index is 3.21. The van der Waals surface area contributed by atoms with Gasteiger partial charge in [-0.3, -0.25) is 0 Å². The van der Waals surface area contributed by atoms with Crippen LogP contribution >= 0.6 is 0 Å². The highest BCUT2D eigenvalue weighted by atomic mass is 15.1. The third-order valence-corrected chi connectivity index (χ3v) is 3.68. The summed E-state index contributed by atoms with van der Waals surface area (Å²) in [6, 6.07) is 0. The Morgan fingerprint density at radius 1 is 1.29 bits per heavy atom. The number of allylic oxidation sites excluding steroid dienone is 4. The van der Waals surface area contributed by atoms with Crippen LogP contribution in [0.25, 0.3) is 0 Å². The minimum atomic E-state index is 0.380. The molecule has 1 aliphatic carbocycles. The van der Waals surface area contributed by atoms with Gasteiger partial charge in [-0.05, 0) is 57.9 Å². The van der Waals surface area contributed by atoms with E-state index in [0.717, 1.165) is 6.54 Å². The third-order valence-electron chi connectivity index (χ3n) is 3.68. The molecule has 0 spiro atoms. The molecule has 0 saturated heterocycles. The first-order valence-corrected chi connectivity index (χ1v) is 6.91. The molecule has 1 aliphatic rings. The first-order valence-electron chi connectivity index (χ1n) is 6.91. The van der Waals surface area contributed by atoms with Crippen LogP contribution in [0.3, 0.4) is 0 Å². The van der Waals surface area contributed by atoms with Crippen molar-refractivity contribution in [2.75, 3.05) is 33.2 Å². The van der Waals surface area contributed by atoms with Gasteiger partial charge in [-0.15, -0.1) is 0 Å². The van der Waals surface area contributed by atoms with Gasteiger partial charge >= 0.3 is 0 Å². The average Bonchev–Trinajstić information content (AvgIpc) is 2.34. The number of hydrogen-bond donors (Lipinski definition) is 1. The molecule has 17 heavy (non-hydrogen) atoms. The van der Waals surface area contributed by atoms with Crippen molar-refractivity contribution in [2.45, 2.75) is 33.1 Å². The highest BCUT2D eigenvalue weighted by Gasteiger charge is 2.21. The van der Waals surface area contributed by atoms with E-state index in [1.54, 1.807) is 0 Å². The smallest absolute Gasteiger partial charge is 0.000675 e. The Morgan fingerprint density at radius 3 is 2.71 bits per heavy atom. The molecule has 0 bridgehead atoms. The predicted octanol–water partition coefficient (Wildman–Crippen LogP) is 2.83. The van der Waals surface area contributed by atoms with E-state index >= 15 is 0 Å². The molecule has 0 fully saturated rings. The van der Waals surface area contributed by atoms with Gasteiger partial charge in [0.2, 0.25) is 0 Å². The quantitative estimate of drug-likeness (QED) is 0.652. The van der Waals surface area contributed by atoms with Crippen LogP contribution in [0.5, 0.6) is 0 Å². The molecule has 0 aliphatic heterocycles. The zero-order chi connectivity index (χ0) is 12.6. The minimum Gasteiger partial charge on any atom is -0.320 e. The molecule has 0 aromatic carbocycles. The number of hydrogen-bond acceptors (Lipinski definition) is 2. The van der Waals surface area contributed by atoms with Crippen molar-refractivity contribution in [1.82, 2.24) is 10.2 Å². The van der Waals surface area contributed by atoms with Crippen molar-refractivity contribution in [3.8, 4) is 0 Å². The summed E-state index contributed by atoms with van der Waals surface area (Å²) in [7, 11) is 2.02. The van der Waals surface area contributed by atoms with E-state index in [0.29, 0.717) is 5.41 Å². The normalized spacial score (nSPS) is 23.5. The lowest BCUT2D eigenvalue weighted by atomic mass is 9.80. The van der Waals surface area contributed by atoms with Crippen LogP contribution in [-0.4, -0.2) is 38.1 Å². The number of nitrogens with zero attached hydrogens (tertiary/aromatic N) is 1. The monoisotopic (exact) mass is 236 g/mol. The molecule has 98 valence electrons. The molecule has 0 aromatic heterocycles. The molecule has 1 atom stereocenters. The summed E-state index contributed by atoms with van der Waals surface area (Å²) >= 11 is 0. The van der Waals surface area contributed by atoms with E-state index < -0.39 is 0 Å². The molecule has 1 rings (SSSR count). The largest absolute Gasteiger partial charge is 0.320 e. The van der Waals surface area contributed by atoms with Crippen molar-refractivity contribution in [3.63, 3.8) is 0 Å². The van der Waals surface area contributed by atoms with Crippen molar-refractivity contribution in [3.05, 3.63) is 24.3 Å². The van der Waals surface area contributed by atoms with E-state index in [4.69, 9.17) is 0 Å². The molecular formula is C15H28N2. The maximum atomic E-state index is 3.21. The van der Waals surface area contributed by atoms with Crippen LogP contribution in [0, 0.1) is 5.41 Å². The van der Waals surface area contributed by atoms with E-state index in [2.05, 4.69) is 48.4 Å². The van der Waals surface area contributed by atoms with Crippen molar-refractivity contribution in [1.29, 1.82) is 0 Å². The van der Waals surface area contributed by atoms with Gasteiger partial charge in [0.15, 0.2) is 0 Å². The second-order valence-corrected chi connectivity index (χ2v) is 5.29. The molecule has 0 radical (unpaired) electrons. The van der Waals surface area contributed by atoms with Gasteiger partial charge in [0.1, 0.15) is 0 Å². The molecule has 0 aromatic rings. The van der Waals surface area contributed by atoms with Crippen molar-refractivity contribution < 1.29 is 0 Å². The zero-order valence-electron chi connectivity index (χ0n) is 11.7. The average molecular weight is 236 g/mol. The summed E-state index contributed by atoms with van der Waals surface area (Å²) in [5, 5.41) is 3.21. The molecule has 0 saturated carbocycles. The Bertz CT molecular complexity index is 258. The fraction of sp³-hybridized carbons (Fsp3) is 0.733. The summed E-state index contributed by atoms with van der Waals surface area (Å²) in [4.78, 5) is 2.56. The van der Waals surface area contributed by atoms with Crippen LogP contribution in [0.15, 0.2) is 24.3 Å². The lowest BCUT2D eigenvalue weighted by Gasteiger charge is -2.30. The van der Waals surface area contributed by atoms with Gasteiger partial charge in [0, 0.05) is 0 Å². The van der Waals surface area contributed by atoms with Crippen LogP contribution in [-0.2, 0) is 0 Å². The molecule has 0 heterocycles. The molecule has 0 amide bonds. The summed E-state index contributed by atoms with van der Waals surface area (Å²) < 4.78 is 0. The second kappa shape index (κ2) is 7.67. The molecule has 2 heteroatoms.